The Morgan fingerprint density at radius 3 is 3.05 bits per heavy atom. The number of aliphatic hydroxyl groups is 1. The predicted octanol–water partition coefficient (Wildman–Crippen LogP) is 1.58. The summed E-state index contributed by atoms with van der Waals surface area (Å²) < 4.78 is 12.9. The van der Waals surface area contributed by atoms with Crippen molar-refractivity contribution in [2.75, 3.05) is 33.3 Å². The van der Waals surface area contributed by atoms with Crippen LogP contribution in [0.2, 0.25) is 0 Å². The second kappa shape index (κ2) is 7.67. The molecule has 5 heteroatoms. The van der Waals surface area contributed by atoms with Gasteiger partial charge >= 0.3 is 0 Å². The third-order valence-electron chi connectivity index (χ3n) is 4.05. The summed E-state index contributed by atoms with van der Waals surface area (Å²) in [6.07, 6.45) is 4.49. The van der Waals surface area contributed by atoms with Gasteiger partial charge in [-0.25, -0.2) is 4.39 Å². The molecule has 112 valence electrons. The molecular formula is C15H24FN3O. The van der Waals surface area contributed by atoms with Gasteiger partial charge in [-0.05, 0) is 50.9 Å². The van der Waals surface area contributed by atoms with Crippen LogP contribution >= 0.6 is 0 Å². The smallest absolute Gasteiger partial charge is 0.141 e. The van der Waals surface area contributed by atoms with Gasteiger partial charge in [-0.3, -0.25) is 4.98 Å². The molecule has 2 N–H and O–H groups in total. The van der Waals surface area contributed by atoms with Crippen LogP contribution < -0.4 is 5.32 Å². The van der Waals surface area contributed by atoms with E-state index in [1.165, 1.54) is 12.3 Å². The van der Waals surface area contributed by atoms with E-state index in [0.29, 0.717) is 5.92 Å². The van der Waals surface area contributed by atoms with E-state index >= 15 is 0 Å². The molecule has 4 nitrogen and oxygen atoms in total. The van der Waals surface area contributed by atoms with Gasteiger partial charge in [0.25, 0.3) is 0 Å². The molecule has 20 heavy (non-hydrogen) atoms. The second-order valence-corrected chi connectivity index (χ2v) is 5.52. The topological polar surface area (TPSA) is 48.4 Å². The highest BCUT2D eigenvalue weighted by Gasteiger charge is 2.20. The molecule has 2 atom stereocenters. The predicted molar refractivity (Wildman–Crippen MR) is 76.9 cm³/mol. The van der Waals surface area contributed by atoms with Crippen molar-refractivity contribution in [3.63, 3.8) is 0 Å². The minimum atomic E-state index is -0.301. The monoisotopic (exact) mass is 281 g/mol. The summed E-state index contributed by atoms with van der Waals surface area (Å²) in [6.45, 7) is 3.33. The van der Waals surface area contributed by atoms with E-state index in [1.807, 2.05) is 7.05 Å². The van der Waals surface area contributed by atoms with Crippen LogP contribution in [0.15, 0.2) is 18.3 Å². The zero-order chi connectivity index (χ0) is 14.4. The van der Waals surface area contributed by atoms with Gasteiger partial charge in [-0.2, -0.15) is 0 Å². The Labute approximate surface area is 120 Å². The minimum Gasteiger partial charge on any atom is -0.396 e. The summed E-state index contributed by atoms with van der Waals surface area (Å²) in [6, 6.07) is 3.34. The zero-order valence-corrected chi connectivity index (χ0v) is 12.1. The first-order valence-corrected chi connectivity index (χ1v) is 7.35. The number of halogens is 1. The number of nitrogens with one attached hydrogen (secondary N) is 1. The number of aromatic nitrogens is 1. The lowest BCUT2D eigenvalue weighted by molar-refractivity contribution is 0.117. The maximum atomic E-state index is 12.9. The first-order chi connectivity index (χ1) is 9.72. The maximum Gasteiger partial charge on any atom is 0.141 e. The largest absolute Gasteiger partial charge is 0.396 e. The van der Waals surface area contributed by atoms with Gasteiger partial charge in [0.1, 0.15) is 5.82 Å². The van der Waals surface area contributed by atoms with E-state index in [1.54, 1.807) is 6.07 Å². The van der Waals surface area contributed by atoms with Crippen molar-refractivity contribution in [2.45, 2.75) is 25.3 Å². The summed E-state index contributed by atoms with van der Waals surface area (Å²) in [7, 11) is 1.91. The van der Waals surface area contributed by atoms with Crippen molar-refractivity contribution in [1.82, 2.24) is 15.2 Å². The highest BCUT2D eigenvalue weighted by Crippen LogP contribution is 2.19. The molecule has 0 spiro atoms. The molecule has 2 unspecified atom stereocenters. The third kappa shape index (κ3) is 4.23. The maximum absolute atomic E-state index is 12.9. The Morgan fingerprint density at radius 2 is 2.40 bits per heavy atom. The zero-order valence-electron chi connectivity index (χ0n) is 12.1. The van der Waals surface area contributed by atoms with E-state index in [0.717, 1.165) is 44.6 Å². The average Bonchev–Trinajstić information content (AvgIpc) is 2.50. The number of pyridine rings is 1. The van der Waals surface area contributed by atoms with E-state index in [-0.39, 0.29) is 18.5 Å². The molecule has 1 aliphatic heterocycles. The number of rotatable bonds is 6. The molecule has 0 aliphatic carbocycles. The van der Waals surface area contributed by atoms with Gasteiger partial charge in [-0.1, -0.05) is 0 Å². The summed E-state index contributed by atoms with van der Waals surface area (Å²) in [5.74, 6) is 0.117. The van der Waals surface area contributed by atoms with Crippen LogP contribution in [0.3, 0.4) is 0 Å². The molecule has 0 saturated carbocycles. The Kier molecular flexibility index (Phi) is 5.88. The second-order valence-electron chi connectivity index (χ2n) is 5.52. The molecule has 1 aliphatic rings. The molecule has 0 bridgehead atoms. The van der Waals surface area contributed by atoms with Crippen molar-refractivity contribution < 1.29 is 9.50 Å². The van der Waals surface area contributed by atoms with Gasteiger partial charge in [-0.15, -0.1) is 0 Å². The van der Waals surface area contributed by atoms with E-state index in [9.17, 15) is 9.50 Å². The van der Waals surface area contributed by atoms with Gasteiger partial charge in [0.2, 0.25) is 0 Å². The van der Waals surface area contributed by atoms with Crippen molar-refractivity contribution >= 4 is 0 Å². The number of hydrogen-bond donors (Lipinski definition) is 2. The molecule has 0 amide bonds. The molecule has 0 aromatic carbocycles. The Morgan fingerprint density at radius 1 is 1.55 bits per heavy atom. The van der Waals surface area contributed by atoms with Crippen LogP contribution in [0, 0.1) is 11.7 Å². The Balaban J connectivity index is 1.85. The van der Waals surface area contributed by atoms with Gasteiger partial charge in [0.05, 0.1) is 17.9 Å². The van der Waals surface area contributed by atoms with Crippen LogP contribution in [0.25, 0.3) is 0 Å². The van der Waals surface area contributed by atoms with Crippen molar-refractivity contribution in [2.24, 2.45) is 5.92 Å². The number of nitrogens with zero attached hydrogens (tertiary/aromatic N) is 2. The molecule has 1 aromatic heterocycles. The first kappa shape index (κ1) is 15.4. The highest BCUT2D eigenvalue weighted by atomic mass is 19.1. The first-order valence-electron chi connectivity index (χ1n) is 7.35. The Hall–Kier alpha value is -1.04. The fourth-order valence-corrected chi connectivity index (χ4v) is 2.85. The van der Waals surface area contributed by atoms with Crippen LogP contribution in [0.5, 0.6) is 0 Å². The van der Waals surface area contributed by atoms with Crippen molar-refractivity contribution in [3.05, 3.63) is 29.8 Å². The average molecular weight is 281 g/mol. The molecule has 1 fully saturated rings. The van der Waals surface area contributed by atoms with Crippen LogP contribution in [0.4, 0.5) is 4.39 Å². The van der Waals surface area contributed by atoms with Gasteiger partial charge in [0.15, 0.2) is 0 Å². The fraction of sp³-hybridized carbons (Fsp3) is 0.667. The van der Waals surface area contributed by atoms with E-state index < -0.39 is 0 Å². The van der Waals surface area contributed by atoms with E-state index in [4.69, 9.17) is 0 Å². The SMILES string of the molecule is CNC(CCN1CCCC(CO)C1)c1ccc(F)cn1. The number of aliphatic hydroxyl groups excluding tert-OH is 1. The number of likely N-dealkylation sites (tertiary alicyclic amines) is 1. The lowest BCUT2D eigenvalue weighted by Crippen LogP contribution is -2.38. The quantitative estimate of drug-likeness (QED) is 0.831. The van der Waals surface area contributed by atoms with Crippen LogP contribution in [0.1, 0.15) is 31.0 Å². The molecule has 2 heterocycles. The van der Waals surface area contributed by atoms with Crippen molar-refractivity contribution in [1.29, 1.82) is 0 Å². The molecule has 0 radical (unpaired) electrons. The molecule has 1 saturated heterocycles. The molecular weight excluding hydrogens is 257 g/mol. The summed E-state index contributed by atoms with van der Waals surface area (Å²) >= 11 is 0. The van der Waals surface area contributed by atoms with E-state index in [2.05, 4.69) is 15.2 Å². The lowest BCUT2D eigenvalue weighted by atomic mass is 9.98. The minimum absolute atomic E-state index is 0.144. The highest BCUT2D eigenvalue weighted by molar-refractivity contribution is 5.09. The van der Waals surface area contributed by atoms with Crippen LogP contribution in [-0.4, -0.2) is 48.3 Å². The van der Waals surface area contributed by atoms with Crippen LogP contribution in [-0.2, 0) is 0 Å². The number of piperidine rings is 1. The molecule has 2 rings (SSSR count). The standard InChI is InChI=1S/C15H24FN3O/c1-17-14(15-5-4-13(16)9-18-15)6-8-19-7-2-3-12(10-19)11-20/h4-5,9,12,14,17,20H,2-3,6-8,10-11H2,1H3. The Bertz CT molecular complexity index is 399. The fourth-order valence-electron chi connectivity index (χ4n) is 2.85. The van der Waals surface area contributed by atoms with Gasteiger partial charge in [0, 0.05) is 19.7 Å². The summed E-state index contributed by atoms with van der Waals surface area (Å²) in [4.78, 5) is 6.55. The number of hydrogen-bond acceptors (Lipinski definition) is 4. The molecule has 1 aromatic rings. The normalized spacial score (nSPS) is 21.9. The summed E-state index contributed by atoms with van der Waals surface area (Å²) in [5.41, 5.74) is 0.879. The summed E-state index contributed by atoms with van der Waals surface area (Å²) in [5, 5.41) is 12.5. The lowest BCUT2D eigenvalue weighted by Gasteiger charge is -2.32. The van der Waals surface area contributed by atoms with Crippen molar-refractivity contribution in [3.8, 4) is 0 Å². The van der Waals surface area contributed by atoms with Gasteiger partial charge < -0.3 is 15.3 Å². The third-order valence-corrected chi connectivity index (χ3v) is 4.05.